The van der Waals surface area contributed by atoms with Crippen LogP contribution in [-0.4, -0.2) is 41.6 Å². The lowest BCUT2D eigenvalue weighted by Gasteiger charge is -2.33. The molecule has 1 aliphatic heterocycles. The third kappa shape index (κ3) is 4.02. The van der Waals surface area contributed by atoms with Crippen molar-refractivity contribution in [1.29, 1.82) is 0 Å². The number of carbonyl (C=O) groups excluding carboxylic acids is 1. The molecule has 0 aromatic carbocycles. The second kappa shape index (κ2) is 6.47. The van der Waals surface area contributed by atoms with Crippen LogP contribution in [0.4, 0.5) is 13.2 Å². The Morgan fingerprint density at radius 2 is 2.13 bits per heavy atom. The van der Waals surface area contributed by atoms with E-state index < -0.39 is 17.6 Å². The number of nitrogens with zero attached hydrogens (tertiary/aromatic N) is 2. The maximum absolute atomic E-state index is 13.0. The molecule has 23 heavy (non-hydrogen) atoms. The highest BCUT2D eigenvalue weighted by Crippen LogP contribution is 2.33. The van der Waals surface area contributed by atoms with Gasteiger partial charge in [-0.15, -0.1) is 0 Å². The van der Waals surface area contributed by atoms with E-state index in [0.29, 0.717) is 31.8 Å². The average molecular weight is 328 g/mol. The molecule has 1 saturated heterocycles. The molecule has 2 fully saturated rings. The minimum absolute atomic E-state index is 0.0792. The SMILES string of the molecule is O=C(c1ccncc1C(F)(F)F)N1CCC[C@H](OCC2CC2)C1. The van der Waals surface area contributed by atoms with Crippen molar-refractivity contribution in [3.63, 3.8) is 0 Å². The standard InChI is InChI=1S/C16H19F3N2O2/c17-16(18,19)14-8-20-6-5-13(14)15(22)21-7-1-2-12(9-21)23-10-11-3-4-11/h5-6,8,11-12H,1-4,7,9-10H2/t12-/m0/s1. The van der Waals surface area contributed by atoms with Gasteiger partial charge in [-0.3, -0.25) is 9.78 Å². The number of ether oxygens (including phenoxy) is 1. The zero-order valence-electron chi connectivity index (χ0n) is 12.7. The Hall–Kier alpha value is -1.63. The van der Waals surface area contributed by atoms with E-state index in [0.717, 1.165) is 18.9 Å². The van der Waals surface area contributed by atoms with Crippen LogP contribution in [0.25, 0.3) is 0 Å². The van der Waals surface area contributed by atoms with Gasteiger partial charge >= 0.3 is 6.18 Å². The molecule has 0 bridgehead atoms. The van der Waals surface area contributed by atoms with Crippen molar-refractivity contribution in [3.8, 4) is 0 Å². The number of rotatable bonds is 4. The predicted octanol–water partition coefficient (Wildman–Crippen LogP) is 3.13. The number of amides is 1. The van der Waals surface area contributed by atoms with Crippen LogP contribution in [0.15, 0.2) is 18.5 Å². The average Bonchev–Trinajstić information content (AvgIpc) is 3.36. The molecule has 4 nitrogen and oxygen atoms in total. The molecule has 3 rings (SSSR count). The summed E-state index contributed by atoms with van der Waals surface area (Å²) in [5, 5.41) is 0. The highest BCUT2D eigenvalue weighted by atomic mass is 19.4. The quantitative estimate of drug-likeness (QED) is 0.853. The molecule has 0 unspecified atom stereocenters. The third-order valence-electron chi connectivity index (χ3n) is 4.29. The van der Waals surface area contributed by atoms with Gasteiger partial charge in [0.2, 0.25) is 0 Å². The van der Waals surface area contributed by atoms with Gasteiger partial charge in [-0.25, -0.2) is 0 Å². The molecule has 126 valence electrons. The first kappa shape index (κ1) is 16.2. The van der Waals surface area contributed by atoms with Gasteiger partial charge in [-0.1, -0.05) is 0 Å². The number of likely N-dealkylation sites (tertiary alicyclic amines) is 1. The summed E-state index contributed by atoms with van der Waals surface area (Å²) in [6, 6.07) is 1.14. The fourth-order valence-corrected chi connectivity index (χ4v) is 2.79. The Kier molecular flexibility index (Phi) is 4.57. The van der Waals surface area contributed by atoms with Crippen molar-refractivity contribution in [2.45, 2.75) is 38.0 Å². The number of carbonyl (C=O) groups is 1. The van der Waals surface area contributed by atoms with E-state index in [4.69, 9.17) is 4.74 Å². The van der Waals surface area contributed by atoms with E-state index in [1.54, 1.807) is 0 Å². The van der Waals surface area contributed by atoms with Crippen molar-refractivity contribution in [2.24, 2.45) is 5.92 Å². The lowest BCUT2D eigenvalue weighted by Crippen LogP contribution is -2.44. The molecule has 1 atom stereocenters. The summed E-state index contributed by atoms with van der Waals surface area (Å²) in [5.74, 6) is 0.0255. The Balaban J connectivity index is 1.69. The van der Waals surface area contributed by atoms with E-state index in [1.165, 1.54) is 23.9 Å². The van der Waals surface area contributed by atoms with Crippen LogP contribution in [0.5, 0.6) is 0 Å². The molecule has 0 spiro atoms. The van der Waals surface area contributed by atoms with Crippen LogP contribution in [-0.2, 0) is 10.9 Å². The zero-order chi connectivity index (χ0) is 16.4. The normalized spacial score (nSPS) is 22.2. The molecule has 0 radical (unpaired) electrons. The summed E-state index contributed by atoms with van der Waals surface area (Å²) in [4.78, 5) is 17.5. The molecule has 1 saturated carbocycles. The van der Waals surface area contributed by atoms with Gasteiger partial charge in [0.1, 0.15) is 0 Å². The van der Waals surface area contributed by atoms with Crippen molar-refractivity contribution in [2.75, 3.05) is 19.7 Å². The first-order valence-corrected chi connectivity index (χ1v) is 7.87. The van der Waals surface area contributed by atoms with Crippen molar-refractivity contribution in [1.82, 2.24) is 9.88 Å². The highest BCUT2D eigenvalue weighted by molar-refractivity contribution is 5.95. The van der Waals surface area contributed by atoms with Gasteiger partial charge in [-0.05, 0) is 37.7 Å². The smallest absolute Gasteiger partial charge is 0.376 e. The van der Waals surface area contributed by atoms with E-state index in [2.05, 4.69) is 4.98 Å². The summed E-state index contributed by atoms with van der Waals surface area (Å²) >= 11 is 0. The largest absolute Gasteiger partial charge is 0.418 e. The first-order chi connectivity index (χ1) is 10.9. The lowest BCUT2D eigenvalue weighted by atomic mass is 10.0. The van der Waals surface area contributed by atoms with Crippen LogP contribution in [0.2, 0.25) is 0 Å². The second-order valence-electron chi connectivity index (χ2n) is 6.21. The molecular weight excluding hydrogens is 309 g/mol. The number of alkyl halides is 3. The van der Waals surface area contributed by atoms with Crippen molar-refractivity contribution < 1.29 is 22.7 Å². The van der Waals surface area contributed by atoms with Gasteiger partial charge in [0.15, 0.2) is 0 Å². The maximum Gasteiger partial charge on any atom is 0.418 e. The van der Waals surface area contributed by atoms with E-state index in [1.807, 2.05) is 0 Å². The molecule has 2 heterocycles. The molecule has 1 amide bonds. The molecule has 0 N–H and O–H groups in total. The first-order valence-electron chi connectivity index (χ1n) is 7.87. The van der Waals surface area contributed by atoms with Crippen LogP contribution < -0.4 is 0 Å². The minimum Gasteiger partial charge on any atom is -0.376 e. The maximum atomic E-state index is 13.0. The van der Waals surface area contributed by atoms with E-state index >= 15 is 0 Å². The Bertz CT molecular complexity index is 573. The number of aromatic nitrogens is 1. The van der Waals surface area contributed by atoms with Gasteiger partial charge < -0.3 is 9.64 Å². The summed E-state index contributed by atoms with van der Waals surface area (Å²) < 4.78 is 44.9. The van der Waals surface area contributed by atoms with Gasteiger partial charge in [0.25, 0.3) is 5.91 Å². The Morgan fingerprint density at radius 1 is 1.35 bits per heavy atom. The van der Waals surface area contributed by atoms with Gasteiger partial charge in [0.05, 0.1) is 17.2 Å². The number of pyridine rings is 1. The number of hydrogen-bond donors (Lipinski definition) is 0. The lowest BCUT2D eigenvalue weighted by molar-refractivity contribution is -0.138. The monoisotopic (exact) mass is 328 g/mol. The predicted molar refractivity (Wildman–Crippen MR) is 76.8 cm³/mol. The van der Waals surface area contributed by atoms with Crippen LogP contribution in [0.3, 0.4) is 0 Å². The highest BCUT2D eigenvalue weighted by Gasteiger charge is 2.37. The summed E-state index contributed by atoms with van der Waals surface area (Å²) in [7, 11) is 0. The van der Waals surface area contributed by atoms with Crippen molar-refractivity contribution in [3.05, 3.63) is 29.6 Å². The van der Waals surface area contributed by atoms with Gasteiger partial charge in [-0.2, -0.15) is 13.2 Å². The molecule has 1 aliphatic carbocycles. The van der Waals surface area contributed by atoms with Crippen LogP contribution >= 0.6 is 0 Å². The minimum atomic E-state index is -4.59. The molecular formula is C16H19F3N2O2. The van der Waals surface area contributed by atoms with Crippen LogP contribution in [0, 0.1) is 5.92 Å². The van der Waals surface area contributed by atoms with E-state index in [9.17, 15) is 18.0 Å². The fraction of sp³-hybridized carbons (Fsp3) is 0.625. The summed E-state index contributed by atoms with van der Waals surface area (Å²) in [6.45, 7) is 1.50. The van der Waals surface area contributed by atoms with Crippen molar-refractivity contribution >= 4 is 5.91 Å². The summed E-state index contributed by atoms with van der Waals surface area (Å²) in [5.41, 5.74) is -1.32. The van der Waals surface area contributed by atoms with Gasteiger partial charge in [0, 0.05) is 32.1 Å². The molecule has 1 aromatic rings. The number of piperidine rings is 1. The third-order valence-corrected chi connectivity index (χ3v) is 4.29. The molecule has 2 aliphatic rings. The second-order valence-corrected chi connectivity index (χ2v) is 6.21. The number of halogens is 3. The zero-order valence-corrected chi connectivity index (χ0v) is 12.7. The molecule has 7 heteroatoms. The topological polar surface area (TPSA) is 42.4 Å². The van der Waals surface area contributed by atoms with Crippen LogP contribution in [0.1, 0.15) is 41.6 Å². The number of hydrogen-bond acceptors (Lipinski definition) is 3. The molecule has 1 aromatic heterocycles. The Morgan fingerprint density at radius 3 is 2.83 bits per heavy atom. The summed E-state index contributed by atoms with van der Waals surface area (Å²) in [6.07, 6.45) is 1.21. The van der Waals surface area contributed by atoms with E-state index in [-0.39, 0.29) is 11.7 Å². The Labute approximate surface area is 132 Å². The fourth-order valence-electron chi connectivity index (χ4n) is 2.79.